The van der Waals surface area contributed by atoms with E-state index < -0.39 is 0 Å². The third-order valence-electron chi connectivity index (χ3n) is 3.95. The van der Waals surface area contributed by atoms with E-state index in [9.17, 15) is 4.79 Å². The van der Waals surface area contributed by atoms with Crippen molar-refractivity contribution in [3.63, 3.8) is 0 Å². The van der Waals surface area contributed by atoms with Crippen LogP contribution in [0.3, 0.4) is 0 Å². The van der Waals surface area contributed by atoms with Gasteiger partial charge in [0.1, 0.15) is 0 Å². The van der Waals surface area contributed by atoms with Gasteiger partial charge in [-0.25, -0.2) is 0 Å². The molecule has 0 bridgehead atoms. The van der Waals surface area contributed by atoms with Crippen LogP contribution >= 0.6 is 0 Å². The first kappa shape index (κ1) is 11.6. The number of hydrogen-bond donors (Lipinski definition) is 0. The Balaban J connectivity index is 1.98. The number of nitrogens with zero attached hydrogens (tertiary/aromatic N) is 1. The molecule has 0 aromatic heterocycles. The fourth-order valence-corrected chi connectivity index (χ4v) is 2.86. The van der Waals surface area contributed by atoms with Gasteiger partial charge in [-0.15, -0.1) is 0 Å². The number of rotatable bonds is 0. The highest BCUT2D eigenvalue weighted by Gasteiger charge is 2.23. The topological polar surface area (TPSA) is 29.5 Å². The largest absolute Gasteiger partial charge is 0.377 e. The molecule has 3 nitrogen and oxygen atoms in total. The molecular formula is C15H19NO2. The van der Waals surface area contributed by atoms with Gasteiger partial charge in [0.2, 0.25) is 0 Å². The van der Waals surface area contributed by atoms with Crippen molar-refractivity contribution in [1.29, 1.82) is 0 Å². The van der Waals surface area contributed by atoms with E-state index in [1.165, 1.54) is 41.9 Å². The maximum Gasteiger partial charge on any atom is 0.259 e. The number of likely N-dealkylation sites (N-methyl/N-ethyl adjacent to an activating group) is 1. The molecule has 0 N–H and O–H groups in total. The van der Waals surface area contributed by atoms with E-state index in [1.807, 2.05) is 0 Å². The lowest BCUT2D eigenvalue weighted by Crippen LogP contribution is -2.35. The van der Waals surface area contributed by atoms with Crippen molar-refractivity contribution in [1.82, 2.24) is 5.06 Å². The molecule has 96 valence electrons. The molecule has 1 aromatic carbocycles. The highest BCUT2D eigenvalue weighted by atomic mass is 16.7. The Kier molecular flexibility index (Phi) is 2.98. The number of aryl methyl sites for hydroxylation is 2. The lowest BCUT2D eigenvalue weighted by atomic mass is 9.90. The minimum absolute atomic E-state index is 0.0355. The van der Waals surface area contributed by atoms with Gasteiger partial charge >= 0.3 is 0 Å². The minimum Gasteiger partial charge on any atom is -0.377 e. The van der Waals surface area contributed by atoms with Crippen LogP contribution in [0.1, 0.15) is 42.4 Å². The van der Waals surface area contributed by atoms with Crippen LogP contribution in [0.5, 0.6) is 5.75 Å². The summed E-state index contributed by atoms with van der Waals surface area (Å²) in [7, 11) is 1.68. The summed E-state index contributed by atoms with van der Waals surface area (Å²) >= 11 is 0. The first-order valence-electron chi connectivity index (χ1n) is 6.83. The van der Waals surface area contributed by atoms with Gasteiger partial charge in [0, 0.05) is 12.6 Å². The van der Waals surface area contributed by atoms with Crippen molar-refractivity contribution in [2.45, 2.75) is 44.9 Å². The van der Waals surface area contributed by atoms with E-state index in [-0.39, 0.29) is 5.91 Å². The molecule has 0 saturated carbocycles. The molecule has 18 heavy (non-hydrogen) atoms. The Labute approximate surface area is 108 Å². The zero-order chi connectivity index (χ0) is 12.5. The van der Waals surface area contributed by atoms with Crippen molar-refractivity contribution in [2.75, 3.05) is 7.05 Å². The van der Waals surface area contributed by atoms with Crippen LogP contribution < -0.4 is 4.84 Å². The molecule has 1 aliphatic heterocycles. The van der Waals surface area contributed by atoms with Gasteiger partial charge in [-0.1, -0.05) is 18.9 Å². The monoisotopic (exact) mass is 245 g/mol. The summed E-state index contributed by atoms with van der Waals surface area (Å²) in [5, 5.41) is 1.34. The molecule has 0 fully saturated rings. The Bertz CT molecular complexity index is 482. The van der Waals surface area contributed by atoms with Crippen LogP contribution in [0.2, 0.25) is 0 Å². The fourth-order valence-electron chi connectivity index (χ4n) is 2.86. The zero-order valence-electron chi connectivity index (χ0n) is 10.9. The van der Waals surface area contributed by atoms with E-state index in [1.54, 1.807) is 7.05 Å². The van der Waals surface area contributed by atoms with Crippen molar-refractivity contribution in [3.05, 3.63) is 28.8 Å². The van der Waals surface area contributed by atoms with Crippen molar-refractivity contribution >= 4 is 5.91 Å². The first-order valence-corrected chi connectivity index (χ1v) is 6.83. The highest BCUT2D eigenvalue weighted by molar-refractivity contribution is 5.80. The summed E-state index contributed by atoms with van der Waals surface area (Å²) in [5.41, 5.74) is 3.89. The molecule has 1 aliphatic carbocycles. The predicted molar refractivity (Wildman–Crippen MR) is 69.4 cm³/mol. The van der Waals surface area contributed by atoms with Crippen LogP contribution in [0, 0.1) is 0 Å². The molecule has 0 saturated heterocycles. The molecular weight excluding hydrogens is 226 g/mol. The molecule has 0 radical (unpaired) electrons. The third-order valence-corrected chi connectivity index (χ3v) is 3.95. The smallest absolute Gasteiger partial charge is 0.259 e. The minimum atomic E-state index is 0.0355. The van der Waals surface area contributed by atoms with Gasteiger partial charge in [0.05, 0.1) is 6.42 Å². The molecule has 3 heteroatoms. The van der Waals surface area contributed by atoms with Gasteiger partial charge < -0.3 is 4.84 Å². The number of carbonyl (C=O) groups excluding carboxylic acids is 1. The van der Waals surface area contributed by atoms with E-state index in [2.05, 4.69) is 12.1 Å². The number of amides is 1. The molecule has 1 aromatic rings. The first-order chi connectivity index (χ1) is 8.74. The third kappa shape index (κ3) is 2.09. The highest BCUT2D eigenvalue weighted by Crippen LogP contribution is 2.31. The fraction of sp³-hybridized carbons (Fsp3) is 0.533. The number of hydrogen-bond acceptors (Lipinski definition) is 2. The average Bonchev–Trinajstić information content (AvgIpc) is 2.32. The van der Waals surface area contributed by atoms with Crippen LogP contribution in [0.15, 0.2) is 12.1 Å². The Hall–Kier alpha value is -1.51. The normalized spacial score (nSPS) is 19.4. The summed E-state index contributed by atoms with van der Waals surface area (Å²) in [5.74, 6) is 0.907. The molecule has 3 rings (SSSR count). The Morgan fingerprint density at radius 3 is 2.39 bits per heavy atom. The molecule has 2 aliphatic rings. The van der Waals surface area contributed by atoms with Gasteiger partial charge in [-0.05, 0) is 42.9 Å². The van der Waals surface area contributed by atoms with Gasteiger partial charge in [0.15, 0.2) is 5.75 Å². The van der Waals surface area contributed by atoms with Crippen LogP contribution in [-0.4, -0.2) is 18.0 Å². The second-order valence-corrected chi connectivity index (χ2v) is 5.30. The maximum absolute atomic E-state index is 11.6. The molecule has 1 amide bonds. The molecule has 0 atom stereocenters. The second-order valence-electron chi connectivity index (χ2n) is 5.30. The van der Waals surface area contributed by atoms with Crippen molar-refractivity contribution in [3.8, 4) is 5.75 Å². The predicted octanol–water partition coefficient (Wildman–Crippen LogP) is 2.65. The number of carbonyl (C=O) groups is 1. The van der Waals surface area contributed by atoms with E-state index in [0.29, 0.717) is 6.42 Å². The van der Waals surface area contributed by atoms with Crippen molar-refractivity contribution in [2.24, 2.45) is 0 Å². The summed E-state index contributed by atoms with van der Waals surface area (Å²) in [4.78, 5) is 17.2. The standard InChI is InChI=1S/C15H19NO2/c1-16-15(17)10-13-8-11-6-4-2-3-5-7-12(11)9-14(13)18-16/h8-9H,2-7,10H2,1H3. The molecule has 0 spiro atoms. The number of benzene rings is 1. The van der Waals surface area contributed by atoms with E-state index in [0.717, 1.165) is 24.2 Å². The van der Waals surface area contributed by atoms with Gasteiger partial charge in [-0.2, -0.15) is 5.06 Å². The second kappa shape index (κ2) is 4.63. The summed E-state index contributed by atoms with van der Waals surface area (Å²) in [6.45, 7) is 0. The van der Waals surface area contributed by atoms with Crippen LogP contribution in [0.4, 0.5) is 0 Å². The molecule has 0 unspecified atom stereocenters. The number of fused-ring (bicyclic) bond motifs is 2. The summed E-state index contributed by atoms with van der Waals surface area (Å²) < 4.78 is 0. The van der Waals surface area contributed by atoms with Crippen LogP contribution in [0.25, 0.3) is 0 Å². The van der Waals surface area contributed by atoms with Crippen LogP contribution in [-0.2, 0) is 24.1 Å². The van der Waals surface area contributed by atoms with Crippen molar-refractivity contribution < 1.29 is 9.63 Å². The Morgan fingerprint density at radius 1 is 1.00 bits per heavy atom. The zero-order valence-corrected chi connectivity index (χ0v) is 10.9. The number of hydroxylamine groups is 2. The maximum atomic E-state index is 11.6. The summed E-state index contributed by atoms with van der Waals surface area (Å²) in [6.07, 6.45) is 7.95. The lowest BCUT2D eigenvalue weighted by Gasteiger charge is -2.26. The average molecular weight is 245 g/mol. The Morgan fingerprint density at radius 2 is 1.67 bits per heavy atom. The lowest BCUT2D eigenvalue weighted by molar-refractivity contribution is -0.154. The van der Waals surface area contributed by atoms with E-state index >= 15 is 0 Å². The summed E-state index contributed by atoms with van der Waals surface area (Å²) in [6, 6.07) is 4.35. The molecule has 1 heterocycles. The SMILES string of the molecule is CN1Oc2cc3c(cc2CC1=O)CCCCCC3. The van der Waals surface area contributed by atoms with Gasteiger partial charge in [-0.3, -0.25) is 4.79 Å². The van der Waals surface area contributed by atoms with Gasteiger partial charge in [0.25, 0.3) is 5.91 Å². The quantitative estimate of drug-likeness (QED) is 0.703. The van der Waals surface area contributed by atoms with E-state index in [4.69, 9.17) is 4.84 Å².